The Hall–Kier alpha value is -2.04. The van der Waals surface area contributed by atoms with Crippen molar-refractivity contribution in [3.63, 3.8) is 0 Å². The number of benzene rings is 1. The Kier molecular flexibility index (Phi) is 5.64. The molecule has 5 nitrogen and oxygen atoms in total. The van der Waals surface area contributed by atoms with Crippen LogP contribution in [0.2, 0.25) is 0 Å². The van der Waals surface area contributed by atoms with E-state index in [4.69, 9.17) is 4.74 Å². The second-order valence-corrected chi connectivity index (χ2v) is 6.28. The van der Waals surface area contributed by atoms with Crippen LogP contribution in [0.5, 0.6) is 5.75 Å². The van der Waals surface area contributed by atoms with E-state index in [9.17, 15) is 14.7 Å². The summed E-state index contributed by atoms with van der Waals surface area (Å²) in [5.74, 6) is 0.00240. The first-order valence-corrected chi connectivity index (χ1v) is 8.17. The first kappa shape index (κ1) is 17.3. The predicted molar refractivity (Wildman–Crippen MR) is 87.5 cm³/mol. The lowest BCUT2D eigenvalue weighted by atomic mass is 9.75. The largest absolute Gasteiger partial charge is 0.496 e. The molecule has 0 heterocycles. The summed E-state index contributed by atoms with van der Waals surface area (Å²) >= 11 is 0. The van der Waals surface area contributed by atoms with Gasteiger partial charge in [0.15, 0.2) is 0 Å². The second-order valence-electron chi connectivity index (χ2n) is 6.28. The highest BCUT2D eigenvalue weighted by Gasteiger charge is 2.42. The third-order valence-electron chi connectivity index (χ3n) is 4.87. The number of rotatable bonds is 6. The molecule has 1 aliphatic carbocycles. The first-order chi connectivity index (χ1) is 11.0. The number of para-hydroxylation sites is 1. The number of carbonyl (C=O) groups is 2. The van der Waals surface area contributed by atoms with Crippen LogP contribution in [0, 0.1) is 5.92 Å². The van der Waals surface area contributed by atoms with Gasteiger partial charge >= 0.3 is 5.97 Å². The van der Waals surface area contributed by atoms with Crippen molar-refractivity contribution < 1.29 is 19.4 Å². The third-order valence-corrected chi connectivity index (χ3v) is 4.87. The third kappa shape index (κ3) is 4.03. The van der Waals surface area contributed by atoms with E-state index >= 15 is 0 Å². The predicted octanol–water partition coefficient (Wildman–Crippen LogP) is 2.78. The Balaban J connectivity index is 2.06. The number of carboxylic acid groups (broad SMARTS) is 1. The molecule has 1 aromatic carbocycles. The Bertz CT molecular complexity index is 562. The molecule has 1 aliphatic rings. The minimum absolute atomic E-state index is 0.121. The van der Waals surface area contributed by atoms with E-state index in [1.54, 1.807) is 13.2 Å². The van der Waals surface area contributed by atoms with Gasteiger partial charge in [0, 0.05) is 5.56 Å². The van der Waals surface area contributed by atoms with Crippen LogP contribution < -0.4 is 10.1 Å². The zero-order chi connectivity index (χ0) is 16.9. The lowest BCUT2D eigenvalue weighted by molar-refractivity contribution is -0.149. The van der Waals surface area contributed by atoms with Gasteiger partial charge in [0.2, 0.25) is 5.91 Å². The van der Waals surface area contributed by atoms with Gasteiger partial charge in [-0.1, -0.05) is 31.5 Å². The number of methoxy groups -OCH3 is 1. The van der Waals surface area contributed by atoms with Crippen LogP contribution in [0.3, 0.4) is 0 Å². The molecule has 2 rings (SSSR count). The van der Waals surface area contributed by atoms with Crippen LogP contribution in [-0.4, -0.2) is 29.6 Å². The molecule has 23 heavy (non-hydrogen) atoms. The van der Waals surface area contributed by atoms with E-state index < -0.39 is 11.5 Å². The van der Waals surface area contributed by atoms with Crippen LogP contribution in [0.1, 0.15) is 44.6 Å². The average Bonchev–Trinajstić information content (AvgIpc) is 2.55. The van der Waals surface area contributed by atoms with E-state index in [-0.39, 0.29) is 12.3 Å². The number of amides is 1. The number of ether oxygens (including phenoxy) is 1. The standard InChI is InChI=1S/C18H25NO4/c1-3-13-8-10-18(11-9-13,17(21)22)19-16(20)12-14-6-4-5-7-15(14)23-2/h4-7,13H,3,8-12H2,1-2H3,(H,19,20)(H,21,22). The molecule has 0 radical (unpaired) electrons. The van der Waals surface area contributed by atoms with E-state index in [0.29, 0.717) is 24.5 Å². The first-order valence-electron chi connectivity index (χ1n) is 8.17. The Morgan fingerprint density at radius 2 is 1.96 bits per heavy atom. The number of aliphatic carboxylic acids is 1. The molecule has 0 saturated heterocycles. The maximum atomic E-state index is 12.4. The average molecular weight is 319 g/mol. The molecule has 126 valence electrons. The molecule has 5 heteroatoms. The van der Waals surface area contributed by atoms with Crippen LogP contribution >= 0.6 is 0 Å². The van der Waals surface area contributed by atoms with E-state index in [2.05, 4.69) is 12.2 Å². The number of hydrogen-bond donors (Lipinski definition) is 2. The van der Waals surface area contributed by atoms with Crippen molar-refractivity contribution in [2.45, 2.75) is 51.0 Å². The van der Waals surface area contributed by atoms with Gasteiger partial charge in [-0.25, -0.2) is 4.79 Å². The quantitative estimate of drug-likeness (QED) is 0.845. The van der Waals surface area contributed by atoms with Crippen LogP contribution in [0.15, 0.2) is 24.3 Å². The van der Waals surface area contributed by atoms with Gasteiger partial charge in [-0.05, 0) is 37.7 Å². The summed E-state index contributed by atoms with van der Waals surface area (Å²) in [5.41, 5.74) is -0.361. The number of carboxylic acids is 1. The Morgan fingerprint density at radius 3 is 2.52 bits per heavy atom. The lowest BCUT2D eigenvalue weighted by Gasteiger charge is -2.37. The molecule has 2 N–H and O–H groups in total. The van der Waals surface area contributed by atoms with Gasteiger partial charge in [-0.15, -0.1) is 0 Å². The smallest absolute Gasteiger partial charge is 0.329 e. The molecule has 1 amide bonds. The summed E-state index contributed by atoms with van der Waals surface area (Å²) < 4.78 is 5.24. The number of carbonyl (C=O) groups excluding carboxylic acids is 1. The van der Waals surface area contributed by atoms with Gasteiger partial charge in [-0.2, -0.15) is 0 Å². The highest BCUT2D eigenvalue weighted by atomic mass is 16.5. The number of hydrogen-bond acceptors (Lipinski definition) is 3. The summed E-state index contributed by atoms with van der Waals surface area (Å²) in [6.07, 6.45) is 3.87. The fourth-order valence-corrected chi connectivity index (χ4v) is 3.30. The van der Waals surface area contributed by atoms with Crippen molar-refractivity contribution in [3.05, 3.63) is 29.8 Å². The lowest BCUT2D eigenvalue weighted by Crippen LogP contribution is -2.56. The summed E-state index contributed by atoms with van der Waals surface area (Å²) in [6, 6.07) is 7.29. The van der Waals surface area contributed by atoms with Crippen molar-refractivity contribution in [1.82, 2.24) is 5.32 Å². The maximum absolute atomic E-state index is 12.4. The van der Waals surface area contributed by atoms with Crippen molar-refractivity contribution in [3.8, 4) is 5.75 Å². The Morgan fingerprint density at radius 1 is 1.30 bits per heavy atom. The van der Waals surface area contributed by atoms with Gasteiger partial charge < -0.3 is 15.2 Å². The molecular formula is C18H25NO4. The fourth-order valence-electron chi connectivity index (χ4n) is 3.30. The van der Waals surface area contributed by atoms with Crippen molar-refractivity contribution in [1.29, 1.82) is 0 Å². The van der Waals surface area contributed by atoms with Gasteiger partial charge in [0.05, 0.1) is 13.5 Å². The van der Waals surface area contributed by atoms with Crippen molar-refractivity contribution >= 4 is 11.9 Å². The Labute approximate surface area is 137 Å². The minimum atomic E-state index is -1.12. The zero-order valence-corrected chi connectivity index (χ0v) is 13.8. The van der Waals surface area contributed by atoms with E-state index in [0.717, 1.165) is 24.8 Å². The summed E-state index contributed by atoms with van der Waals surface area (Å²) in [7, 11) is 1.56. The summed E-state index contributed by atoms with van der Waals surface area (Å²) in [4.78, 5) is 24.1. The van der Waals surface area contributed by atoms with Crippen molar-refractivity contribution in [2.75, 3.05) is 7.11 Å². The molecule has 0 unspecified atom stereocenters. The molecule has 0 bridgehead atoms. The van der Waals surface area contributed by atoms with Gasteiger partial charge in [-0.3, -0.25) is 4.79 Å². The summed E-state index contributed by atoms with van der Waals surface area (Å²) in [6.45, 7) is 2.12. The van der Waals surface area contributed by atoms with Crippen molar-refractivity contribution in [2.24, 2.45) is 5.92 Å². The van der Waals surface area contributed by atoms with Crippen LogP contribution in [-0.2, 0) is 16.0 Å². The maximum Gasteiger partial charge on any atom is 0.329 e. The second kappa shape index (κ2) is 7.49. The fraction of sp³-hybridized carbons (Fsp3) is 0.556. The van der Waals surface area contributed by atoms with Crippen LogP contribution in [0.25, 0.3) is 0 Å². The molecule has 0 spiro atoms. The molecule has 0 aliphatic heterocycles. The zero-order valence-electron chi connectivity index (χ0n) is 13.8. The van der Waals surface area contributed by atoms with Gasteiger partial charge in [0.1, 0.15) is 11.3 Å². The van der Waals surface area contributed by atoms with E-state index in [1.165, 1.54) is 0 Å². The van der Waals surface area contributed by atoms with Gasteiger partial charge in [0.25, 0.3) is 0 Å². The topological polar surface area (TPSA) is 75.6 Å². The molecular weight excluding hydrogens is 294 g/mol. The minimum Gasteiger partial charge on any atom is -0.496 e. The molecule has 1 saturated carbocycles. The molecule has 0 aromatic heterocycles. The number of nitrogens with one attached hydrogen (secondary N) is 1. The SMILES string of the molecule is CCC1CCC(NC(=O)Cc2ccccc2OC)(C(=O)O)CC1. The highest BCUT2D eigenvalue weighted by Crippen LogP contribution is 2.34. The monoisotopic (exact) mass is 319 g/mol. The normalized spacial score (nSPS) is 24.0. The molecule has 0 atom stereocenters. The van der Waals surface area contributed by atoms with E-state index in [1.807, 2.05) is 18.2 Å². The molecule has 1 fully saturated rings. The molecule has 1 aromatic rings. The highest BCUT2D eigenvalue weighted by molar-refractivity contribution is 5.88. The van der Waals surface area contributed by atoms with Crippen LogP contribution in [0.4, 0.5) is 0 Å². The summed E-state index contributed by atoms with van der Waals surface area (Å²) in [5, 5.41) is 12.4.